The van der Waals surface area contributed by atoms with Crippen LogP contribution in [-0.4, -0.2) is 54.7 Å². The van der Waals surface area contributed by atoms with Gasteiger partial charge < -0.3 is 9.80 Å². The third-order valence-corrected chi connectivity index (χ3v) is 4.98. The number of hydrogen-bond acceptors (Lipinski definition) is 3. The minimum absolute atomic E-state index is 0.00642. The molecule has 0 N–H and O–H groups in total. The maximum Gasteiger partial charge on any atom is 0.253 e. The fourth-order valence-corrected chi connectivity index (χ4v) is 3.39. The van der Waals surface area contributed by atoms with Crippen LogP contribution >= 0.6 is 0 Å². The lowest BCUT2D eigenvalue weighted by Gasteiger charge is -2.20. The van der Waals surface area contributed by atoms with E-state index in [1.807, 2.05) is 19.0 Å². The van der Waals surface area contributed by atoms with Crippen LogP contribution in [0.2, 0.25) is 0 Å². The molecule has 0 saturated carbocycles. The van der Waals surface area contributed by atoms with Crippen molar-refractivity contribution in [3.05, 3.63) is 59.4 Å². The summed E-state index contributed by atoms with van der Waals surface area (Å²) in [6.45, 7) is 2.94. The fraction of sp³-hybridized carbons (Fsp3) is 0.333. The summed E-state index contributed by atoms with van der Waals surface area (Å²) in [4.78, 5) is 28.5. The van der Waals surface area contributed by atoms with E-state index in [0.29, 0.717) is 22.7 Å². The number of likely N-dealkylation sites (N-methyl/N-ethyl adjacent to an activating group) is 1. The van der Waals surface area contributed by atoms with Gasteiger partial charge in [-0.2, -0.15) is 0 Å². The van der Waals surface area contributed by atoms with E-state index in [1.54, 1.807) is 24.3 Å². The molecule has 2 aromatic carbocycles. The molecule has 1 aliphatic heterocycles. The SMILES string of the molecule is CC(=O)c1ccc(F)cc1-c1ccc(C(=O)N2CC[C@@H](N(C)C)C2)cc1. The molecule has 3 rings (SSSR count). The van der Waals surface area contributed by atoms with Crippen LogP contribution in [0.3, 0.4) is 0 Å². The first-order chi connectivity index (χ1) is 12.4. The minimum atomic E-state index is -0.392. The van der Waals surface area contributed by atoms with Crippen molar-refractivity contribution in [2.75, 3.05) is 27.2 Å². The molecule has 1 aliphatic rings. The third kappa shape index (κ3) is 3.68. The van der Waals surface area contributed by atoms with Crippen molar-refractivity contribution in [1.82, 2.24) is 9.80 Å². The lowest BCUT2D eigenvalue weighted by atomic mass is 9.96. The summed E-state index contributed by atoms with van der Waals surface area (Å²) < 4.78 is 13.6. The largest absolute Gasteiger partial charge is 0.337 e. The van der Waals surface area contributed by atoms with Crippen molar-refractivity contribution >= 4 is 11.7 Å². The van der Waals surface area contributed by atoms with E-state index >= 15 is 0 Å². The molecule has 0 radical (unpaired) electrons. The van der Waals surface area contributed by atoms with E-state index in [0.717, 1.165) is 25.1 Å². The number of carbonyl (C=O) groups is 2. The smallest absolute Gasteiger partial charge is 0.253 e. The molecule has 1 atom stereocenters. The van der Waals surface area contributed by atoms with Gasteiger partial charge in [-0.1, -0.05) is 12.1 Å². The topological polar surface area (TPSA) is 40.6 Å². The van der Waals surface area contributed by atoms with E-state index in [9.17, 15) is 14.0 Å². The summed E-state index contributed by atoms with van der Waals surface area (Å²) in [5.41, 5.74) is 2.34. The maximum atomic E-state index is 13.6. The normalized spacial score (nSPS) is 17.0. The quantitative estimate of drug-likeness (QED) is 0.790. The molecule has 1 heterocycles. The highest BCUT2D eigenvalue weighted by atomic mass is 19.1. The molecular formula is C21H23FN2O2. The number of rotatable bonds is 4. The first-order valence-corrected chi connectivity index (χ1v) is 8.73. The molecule has 1 amide bonds. The van der Waals surface area contributed by atoms with E-state index in [-0.39, 0.29) is 11.7 Å². The van der Waals surface area contributed by atoms with Gasteiger partial charge >= 0.3 is 0 Å². The van der Waals surface area contributed by atoms with Gasteiger partial charge in [-0.05, 0) is 68.9 Å². The summed E-state index contributed by atoms with van der Waals surface area (Å²) in [5, 5.41) is 0. The van der Waals surface area contributed by atoms with Gasteiger partial charge in [-0.15, -0.1) is 0 Å². The van der Waals surface area contributed by atoms with Crippen LogP contribution in [0.5, 0.6) is 0 Å². The number of Topliss-reactive ketones (excluding diaryl/α,β-unsaturated/α-hetero) is 1. The van der Waals surface area contributed by atoms with Crippen LogP contribution in [0, 0.1) is 5.82 Å². The lowest BCUT2D eigenvalue weighted by molar-refractivity contribution is 0.0783. The zero-order chi connectivity index (χ0) is 18.8. The molecule has 2 aromatic rings. The lowest BCUT2D eigenvalue weighted by Crippen LogP contribution is -2.34. The second kappa shape index (κ2) is 7.38. The van der Waals surface area contributed by atoms with Crippen LogP contribution in [0.1, 0.15) is 34.1 Å². The molecule has 0 aromatic heterocycles. The predicted molar refractivity (Wildman–Crippen MR) is 99.8 cm³/mol. The Labute approximate surface area is 153 Å². The zero-order valence-corrected chi connectivity index (χ0v) is 15.3. The van der Waals surface area contributed by atoms with Gasteiger partial charge in [-0.25, -0.2) is 4.39 Å². The van der Waals surface area contributed by atoms with Crippen molar-refractivity contribution < 1.29 is 14.0 Å². The first kappa shape index (κ1) is 18.3. The monoisotopic (exact) mass is 354 g/mol. The number of benzene rings is 2. The molecule has 0 spiro atoms. The average Bonchev–Trinajstić information content (AvgIpc) is 3.11. The minimum Gasteiger partial charge on any atom is -0.337 e. The Kier molecular flexibility index (Phi) is 5.18. The number of halogens is 1. The summed E-state index contributed by atoms with van der Waals surface area (Å²) in [6.07, 6.45) is 0.974. The van der Waals surface area contributed by atoms with Gasteiger partial charge in [-0.3, -0.25) is 9.59 Å². The number of hydrogen-bond donors (Lipinski definition) is 0. The van der Waals surface area contributed by atoms with Crippen molar-refractivity contribution in [2.24, 2.45) is 0 Å². The molecular weight excluding hydrogens is 331 g/mol. The first-order valence-electron chi connectivity index (χ1n) is 8.73. The van der Waals surface area contributed by atoms with E-state index < -0.39 is 5.82 Å². The van der Waals surface area contributed by atoms with Crippen LogP contribution < -0.4 is 0 Å². The zero-order valence-electron chi connectivity index (χ0n) is 15.3. The van der Waals surface area contributed by atoms with E-state index in [2.05, 4.69) is 4.90 Å². The van der Waals surface area contributed by atoms with Crippen molar-refractivity contribution in [1.29, 1.82) is 0 Å². The van der Waals surface area contributed by atoms with Gasteiger partial charge in [0.05, 0.1) is 0 Å². The Morgan fingerprint density at radius 2 is 1.81 bits per heavy atom. The standard InChI is InChI=1S/C21H23FN2O2/c1-14(25)19-9-8-17(22)12-20(19)15-4-6-16(7-5-15)21(26)24-11-10-18(13-24)23(2)3/h4-9,12,18H,10-11,13H2,1-3H3/t18-/m1/s1. The second-order valence-corrected chi connectivity index (χ2v) is 6.98. The molecule has 136 valence electrons. The molecule has 0 bridgehead atoms. The molecule has 1 saturated heterocycles. The fourth-order valence-electron chi connectivity index (χ4n) is 3.39. The van der Waals surface area contributed by atoms with E-state index in [4.69, 9.17) is 0 Å². The summed E-state index contributed by atoms with van der Waals surface area (Å²) in [7, 11) is 4.05. The number of likely N-dealkylation sites (tertiary alicyclic amines) is 1. The number of ketones is 1. The third-order valence-electron chi connectivity index (χ3n) is 4.98. The highest BCUT2D eigenvalue weighted by molar-refractivity contribution is 6.01. The average molecular weight is 354 g/mol. The molecule has 4 nitrogen and oxygen atoms in total. The van der Waals surface area contributed by atoms with Crippen LogP contribution in [0.15, 0.2) is 42.5 Å². The van der Waals surface area contributed by atoms with Gasteiger partial charge in [0.25, 0.3) is 5.91 Å². The Balaban J connectivity index is 1.83. The molecule has 26 heavy (non-hydrogen) atoms. The van der Waals surface area contributed by atoms with E-state index in [1.165, 1.54) is 25.1 Å². The Hall–Kier alpha value is -2.53. The highest BCUT2D eigenvalue weighted by Gasteiger charge is 2.28. The van der Waals surface area contributed by atoms with Crippen LogP contribution in [-0.2, 0) is 0 Å². The van der Waals surface area contributed by atoms with Gasteiger partial charge in [0, 0.05) is 30.3 Å². The van der Waals surface area contributed by atoms with Crippen molar-refractivity contribution in [3.63, 3.8) is 0 Å². The Morgan fingerprint density at radius 3 is 2.38 bits per heavy atom. The predicted octanol–water partition coefficient (Wildman–Crippen LogP) is 3.47. The van der Waals surface area contributed by atoms with Crippen LogP contribution in [0.4, 0.5) is 4.39 Å². The number of carbonyl (C=O) groups excluding carboxylic acids is 2. The Bertz CT molecular complexity index is 830. The van der Waals surface area contributed by atoms with Gasteiger partial charge in [0.15, 0.2) is 5.78 Å². The van der Waals surface area contributed by atoms with Crippen molar-refractivity contribution in [3.8, 4) is 11.1 Å². The Morgan fingerprint density at radius 1 is 1.12 bits per heavy atom. The van der Waals surface area contributed by atoms with Crippen molar-refractivity contribution in [2.45, 2.75) is 19.4 Å². The second-order valence-electron chi connectivity index (χ2n) is 6.98. The summed E-state index contributed by atoms with van der Waals surface area (Å²) in [5.74, 6) is -0.504. The van der Waals surface area contributed by atoms with Gasteiger partial charge in [0.2, 0.25) is 0 Å². The molecule has 1 fully saturated rings. The summed E-state index contributed by atoms with van der Waals surface area (Å²) >= 11 is 0. The van der Waals surface area contributed by atoms with Crippen LogP contribution in [0.25, 0.3) is 11.1 Å². The molecule has 0 aliphatic carbocycles. The highest BCUT2D eigenvalue weighted by Crippen LogP contribution is 2.26. The number of amides is 1. The molecule has 0 unspecified atom stereocenters. The van der Waals surface area contributed by atoms with Gasteiger partial charge in [0.1, 0.15) is 5.82 Å². The number of nitrogens with zero attached hydrogens (tertiary/aromatic N) is 2. The summed E-state index contributed by atoms with van der Waals surface area (Å²) in [6, 6.07) is 11.6. The molecule has 5 heteroatoms. The maximum absolute atomic E-state index is 13.6.